The van der Waals surface area contributed by atoms with E-state index in [2.05, 4.69) is 6.92 Å². The SMILES string of the molecule is COc1ccc(C(=O)N(C)C2CCC(C)CC2)cc1S(=O)(=O)N1CCCC1. The zero-order chi connectivity index (χ0) is 19.6. The highest BCUT2D eigenvalue weighted by atomic mass is 32.2. The summed E-state index contributed by atoms with van der Waals surface area (Å²) in [5, 5.41) is 0. The largest absolute Gasteiger partial charge is 0.495 e. The number of hydrogen-bond acceptors (Lipinski definition) is 4. The molecule has 1 aliphatic carbocycles. The molecule has 0 radical (unpaired) electrons. The van der Waals surface area contributed by atoms with Crippen LogP contribution in [0.1, 0.15) is 55.8 Å². The van der Waals surface area contributed by atoms with E-state index in [0.29, 0.717) is 24.6 Å². The van der Waals surface area contributed by atoms with E-state index in [0.717, 1.165) is 38.5 Å². The molecule has 6 nitrogen and oxygen atoms in total. The van der Waals surface area contributed by atoms with Crippen molar-refractivity contribution in [2.75, 3.05) is 27.2 Å². The molecule has 0 spiro atoms. The van der Waals surface area contributed by atoms with Gasteiger partial charge in [-0.1, -0.05) is 6.92 Å². The molecule has 1 saturated carbocycles. The van der Waals surface area contributed by atoms with E-state index < -0.39 is 10.0 Å². The van der Waals surface area contributed by atoms with Crippen LogP contribution in [-0.2, 0) is 10.0 Å². The Bertz CT molecular complexity index is 779. The van der Waals surface area contributed by atoms with Gasteiger partial charge in [-0.3, -0.25) is 4.79 Å². The van der Waals surface area contributed by atoms with Crippen molar-refractivity contribution in [3.05, 3.63) is 23.8 Å². The molecule has 150 valence electrons. The molecular formula is C20H30N2O4S. The van der Waals surface area contributed by atoms with Crippen LogP contribution in [0.4, 0.5) is 0 Å². The summed E-state index contributed by atoms with van der Waals surface area (Å²) in [4.78, 5) is 14.9. The molecule has 27 heavy (non-hydrogen) atoms. The van der Waals surface area contributed by atoms with E-state index >= 15 is 0 Å². The van der Waals surface area contributed by atoms with E-state index in [1.807, 2.05) is 7.05 Å². The average Bonchev–Trinajstić information content (AvgIpc) is 3.22. The first-order valence-corrected chi connectivity index (χ1v) is 11.2. The molecule has 3 rings (SSSR count). The molecular weight excluding hydrogens is 364 g/mol. The third kappa shape index (κ3) is 4.14. The number of methoxy groups -OCH3 is 1. The lowest BCUT2D eigenvalue weighted by atomic mass is 9.86. The first kappa shape index (κ1) is 20.1. The van der Waals surface area contributed by atoms with Gasteiger partial charge < -0.3 is 9.64 Å². The van der Waals surface area contributed by atoms with Gasteiger partial charge in [0.1, 0.15) is 10.6 Å². The number of carbonyl (C=O) groups excluding carboxylic acids is 1. The molecule has 0 unspecified atom stereocenters. The minimum Gasteiger partial charge on any atom is -0.495 e. The highest BCUT2D eigenvalue weighted by Gasteiger charge is 2.32. The van der Waals surface area contributed by atoms with E-state index in [1.165, 1.54) is 17.5 Å². The quantitative estimate of drug-likeness (QED) is 0.769. The molecule has 1 aromatic rings. The third-order valence-electron chi connectivity index (χ3n) is 5.95. The van der Waals surface area contributed by atoms with Crippen LogP contribution in [0.3, 0.4) is 0 Å². The average molecular weight is 395 g/mol. The Morgan fingerprint density at radius 3 is 2.37 bits per heavy atom. The minimum atomic E-state index is -3.66. The lowest BCUT2D eigenvalue weighted by Gasteiger charge is -2.33. The number of carbonyl (C=O) groups is 1. The fourth-order valence-electron chi connectivity index (χ4n) is 4.08. The minimum absolute atomic E-state index is 0.0865. The van der Waals surface area contributed by atoms with Crippen molar-refractivity contribution in [2.24, 2.45) is 5.92 Å². The van der Waals surface area contributed by atoms with Crippen LogP contribution in [0.25, 0.3) is 0 Å². The summed E-state index contributed by atoms with van der Waals surface area (Å²) in [5.74, 6) is 0.866. The molecule has 1 amide bonds. The summed E-state index contributed by atoms with van der Waals surface area (Å²) in [6, 6.07) is 4.95. The van der Waals surface area contributed by atoms with Crippen LogP contribution in [0.5, 0.6) is 5.75 Å². The predicted molar refractivity (Wildman–Crippen MR) is 105 cm³/mol. The summed E-state index contributed by atoms with van der Waals surface area (Å²) < 4.78 is 32.8. The molecule has 1 aliphatic heterocycles. The first-order chi connectivity index (χ1) is 12.8. The van der Waals surface area contributed by atoms with Crippen LogP contribution >= 0.6 is 0 Å². The zero-order valence-corrected chi connectivity index (χ0v) is 17.3. The molecule has 7 heteroatoms. The predicted octanol–water partition coefficient (Wildman–Crippen LogP) is 3.13. The monoisotopic (exact) mass is 394 g/mol. The first-order valence-electron chi connectivity index (χ1n) is 9.80. The fourth-order valence-corrected chi connectivity index (χ4v) is 5.78. The Morgan fingerprint density at radius 1 is 1.15 bits per heavy atom. The van der Waals surface area contributed by atoms with Gasteiger partial charge in [0, 0.05) is 31.7 Å². The van der Waals surface area contributed by atoms with Crippen molar-refractivity contribution in [2.45, 2.75) is 56.4 Å². The number of sulfonamides is 1. The lowest BCUT2D eigenvalue weighted by molar-refractivity contribution is 0.0679. The summed E-state index contributed by atoms with van der Waals surface area (Å²) in [7, 11) is -0.383. The fraction of sp³-hybridized carbons (Fsp3) is 0.650. The molecule has 1 heterocycles. The maximum absolute atomic E-state index is 13.0. The van der Waals surface area contributed by atoms with Crippen molar-refractivity contribution in [3.63, 3.8) is 0 Å². The molecule has 2 fully saturated rings. The van der Waals surface area contributed by atoms with Gasteiger partial charge >= 0.3 is 0 Å². The number of rotatable bonds is 5. The smallest absolute Gasteiger partial charge is 0.253 e. The van der Waals surface area contributed by atoms with Crippen molar-refractivity contribution in [1.82, 2.24) is 9.21 Å². The van der Waals surface area contributed by atoms with Crippen molar-refractivity contribution >= 4 is 15.9 Å². The van der Waals surface area contributed by atoms with Crippen LogP contribution < -0.4 is 4.74 Å². The van der Waals surface area contributed by atoms with Gasteiger partial charge in [0.05, 0.1) is 7.11 Å². The highest BCUT2D eigenvalue weighted by Crippen LogP contribution is 2.31. The Kier molecular flexibility index (Phi) is 6.11. The number of ether oxygens (including phenoxy) is 1. The molecule has 0 N–H and O–H groups in total. The molecule has 1 saturated heterocycles. The Morgan fingerprint density at radius 2 is 1.78 bits per heavy atom. The standard InChI is InChI=1S/C20H30N2O4S/c1-15-6-9-17(10-7-15)21(2)20(23)16-8-11-18(26-3)19(14-16)27(24,25)22-12-4-5-13-22/h8,11,14-15,17H,4-7,9-10,12-13H2,1-3H3. The maximum Gasteiger partial charge on any atom is 0.253 e. The normalized spacial score (nSPS) is 24.0. The van der Waals surface area contributed by atoms with E-state index in [9.17, 15) is 13.2 Å². The number of nitrogens with zero attached hydrogens (tertiary/aromatic N) is 2. The Labute approximate surface area is 162 Å². The van der Waals surface area contributed by atoms with Crippen LogP contribution in [-0.4, -0.2) is 56.8 Å². The summed E-state index contributed by atoms with van der Waals surface area (Å²) >= 11 is 0. The van der Waals surface area contributed by atoms with E-state index in [4.69, 9.17) is 4.74 Å². The van der Waals surface area contributed by atoms with E-state index in [-0.39, 0.29) is 22.6 Å². The van der Waals surface area contributed by atoms with Gasteiger partial charge in [0.2, 0.25) is 10.0 Å². The van der Waals surface area contributed by atoms with E-state index in [1.54, 1.807) is 17.0 Å². The van der Waals surface area contributed by atoms with Gasteiger partial charge in [-0.25, -0.2) is 8.42 Å². The maximum atomic E-state index is 13.0. The number of amides is 1. The summed E-state index contributed by atoms with van der Waals surface area (Å²) in [5.41, 5.74) is 0.398. The molecule has 0 bridgehead atoms. The second kappa shape index (κ2) is 8.19. The molecule has 0 atom stereocenters. The van der Waals surface area contributed by atoms with Crippen molar-refractivity contribution in [3.8, 4) is 5.75 Å². The second-order valence-corrected chi connectivity index (χ2v) is 9.71. The van der Waals surface area contributed by atoms with Gasteiger partial charge in [0.15, 0.2) is 0 Å². The van der Waals surface area contributed by atoms with Gasteiger partial charge in [0.25, 0.3) is 5.91 Å². The Hall–Kier alpha value is -1.60. The van der Waals surface area contributed by atoms with Gasteiger partial charge in [-0.15, -0.1) is 0 Å². The van der Waals surface area contributed by atoms with Crippen LogP contribution in [0.2, 0.25) is 0 Å². The summed E-state index contributed by atoms with van der Waals surface area (Å²) in [6.45, 7) is 3.28. The van der Waals surface area contributed by atoms with Crippen LogP contribution in [0, 0.1) is 5.92 Å². The molecule has 2 aliphatic rings. The number of benzene rings is 1. The Balaban J connectivity index is 1.87. The van der Waals surface area contributed by atoms with Gasteiger partial charge in [-0.05, 0) is 62.6 Å². The molecule has 0 aromatic heterocycles. The summed E-state index contributed by atoms with van der Waals surface area (Å²) in [6.07, 6.45) is 5.97. The topological polar surface area (TPSA) is 66.9 Å². The third-order valence-corrected chi connectivity index (χ3v) is 7.87. The van der Waals surface area contributed by atoms with Gasteiger partial charge in [-0.2, -0.15) is 4.31 Å². The van der Waals surface area contributed by atoms with Crippen molar-refractivity contribution in [1.29, 1.82) is 0 Å². The lowest BCUT2D eigenvalue weighted by Crippen LogP contribution is -2.39. The van der Waals surface area contributed by atoms with Crippen LogP contribution in [0.15, 0.2) is 23.1 Å². The second-order valence-electron chi connectivity index (χ2n) is 7.81. The van der Waals surface area contributed by atoms with Crippen molar-refractivity contribution < 1.29 is 17.9 Å². The number of hydrogen-bond donors (Lipinski definition) is 0. The zero-order valence-electron chi connectivity index (χ0n) is 16.5. The highest BCUT2D eigenvalue weighted by molar-refractivity contribution is 7.89. The molecule has 1 aromatic carbocycles.